The number of fused-ring (bicyclic) bond motifs is 1. The number of benzene rings is 1. The number of piperazine rings is 1. The summed E-state index contributed by atoms with van der Waals surface area (Å²) in [5, 5.41) is 3.29. The van der Waals surface area contributed by atoms with Gasteiger partial charge in [0.25, 0.3) is 5.91 Å². The minimum Gasteiger partial charge on any atom is -0.454 e. The lowest BCUT2D eigenvalue weighted by molar-refractivity contribution is 0.0637. The lowest BCUT2D eigenvalue weighted by Crippen LogP contribution is -2.48. The van der Waals surface area contributed by atoms with E-state index in [1.54, 1.807) is 12.3 Å². The first-order valence-electron chi connectivity index (χ1n) is 8.87. The Balaban J connectivity index is 1.45. The van der Waals surface area contributed by atoms with Gasteiger partial charge in [0.15, 0.2) is 11.5 Å². The quantitative estimate of drug-likeness (QED) is 0.909. The van der Waals surface area contributed by atoms with E-state index in [4.69, 9.17) is 9.47 Å². The van der Waals surface area contributed by atoms with E-state index in [1.165, 1.54) is 0 Å². The monoisotopic (exact) mass is 354 g/mol. The second kappa shape index (κ2) is 7.21. The van der Waals surface area contributed by atoms with Crippen LogP contribution >= 0.6 is 0 Å². The number of amides is 1. The Labute approximate surface area is 152 Å². The second-order valence-corrected chi connectivity index (χ2v) is 6.35. The molecule has 7 heteroatoms. The van der Waals surface area contributed by atoms with Gasteiger partial charge in [0, 0.05) is 49.8 Å². The Kier molecular flexibility index (Phi) is 4.62. The van der Waals surface area contributed by atoms with Gasteiger partial charge in [-0.1, -0.05) is 6.92 Å². The third-order valence-electron chi connectivity index (χ3n) is 4.75. The number of likely N-dealkylation sites (N-methyl/N-ethyl adjacent to an activating group) is 1. The number of ether oxygens (including phenoxy) is 2. The number of carbonyl (C=O) groups excluding carboxylic acids is 1. The number of hydrogen-bond acceptors (Lipinski definition) is 6. The molecular weight excluding hydrogens is 332 g/mol. The minimum atomic E-state index is -0.0184. The highest BCUT2D eigenvalue weighted by Crippen LogP contribution is 2.35. The van der Waals surface area contributed by atoms with Gasteiger partial charge in [0.1, 0.15) is 5.69 Å². The SMILES string of the molecule is CCN1CCN(C(=O)c2cc(Nc3ccc4c(c3)OCO4)ccn2)CC1. The smallest absolute Gasteiger partial charge is 0.272 e. The number of carbonyl (C=O) groups is 1. The van der Waals surface area contributed by atoms with Crippen molar-refractivity contribution < 1.29 is 14.3 Å². The highest BCUT2D eigenvalue weighted by atomic mass is 16.7. The van der Waals surface area contributed by atoms with Gasteiger partial charge in [-0.25, -0.2) is 0 Å². The molecule has 1 aromatic heterocycles. The van der Waals surface area contributed by atoms with E-state index in [9.17, 15) is 4.79 Å². The number of hydrogen-bond donors (Lipinski definition) is 1. The van der Waals surface area contributed by atoms with E-state index in [2.05, 4.69) is 22.1 Å². The second-order valence-electron chi connectivity index (χ2n) is 6.35. The first-order valence-corrected chi connectivity index (χ1v) is 8.87. The summed E-state index contributed by atoms with van der Waals surface area (Å²) in [4.78, 5) is 21.2. The van der Waals surface area contributed by atoms with E-state index in [0.29, 0.717) is 11.4 Å². The van der Waals surface area contributed by atoms with E-state index in [1.807, 2.05) is 29.2 Å². The molecule has 0 unspecified atom stereocenters. The van der Waals surface area contributed by atoms with Crippen LogP contribution in [0.2, 0.25) is 0 Å². The Morgan fingerprint density at radius 2 is 1.85 bits per heavy atom. The molecule has 136 valence electrons. The predicted octanol–water partition coefficient (Wildman–Crippen LogP) is 2.33. The molecule has 0 atom stereocenters. The van der Waals surface area contributed by atoms with Crippen LogP contribution < -0.4 is 14.8 Å². The maximum atomic E-state index is 12.7. The predicted molar refractivity (Wildman–Crippen MR) is 98.1 cm³/mol. The van der Waals surface area contributed by atoms with E-state index in [0.717, 1.165) is 49.8 Å². The van der Waals surface area contributed by atoms with Crippen LogP contribution in [-0.4, -0.2) is 60.2 Å². The molecular formula is C19H22N4O3. The van der Waals surface area contributed by atoms with Crippen LogP contribution in [0.1, 0.15) is 17.4 Å². The Morgan fingerprint density at radius 1 is 1.08 bits per heavy atom. The fraction of sp³-hybridized carbons (Fsp3) is 0.368. The van der Waals surface area contributed by atoms with Crippen LogP contribution in [-0.2, 0) is 0 Å². The fourth-order valence-corrected chi connectivity index (χ4v) is 3.20. The van der Waals surface area contributed by atoms with E-state index in [-0.39, 0.29) is 12.7 Å². The Morgan fingerprint density at radius 3 is 2.65 bits per heavy atom. The van der Waals surface area contributed by atoms with Gasteiger partial charge in [-0.2, -0.15) is 0 Å². The van der Waals surface area contributed by atoms with Crippen LogP contribution in [0, 0.1) is 0 Å². The van der Waals surface area contributed by atoms with Crippen molar-refractivity contribution in [2.45, 2.75) is 6.92 Å². The molecule has 0 aliphatic carbocycles. The topological polar surface area (TPSA) is 66.9 Å². The molecule has 0 bridgehead atoms. The molecule has 0 saturated carbocycles. The zero-order valence-corrected chi connectivity index (χ0v) is 14.8. The lowest BCUT2D eigenvalue weighted by Gasteiger charge is -2.33. The van der Waals surface area contributed by atoms with Crippen molar-refractivity contribution in [1.29, 1.82) is 0 Å². The van der Waals surface area contributed by atoms with Crippen molar-refractivity contribution in [1.82, 2.24) is 14.8 Å². The van der Waals surface area contributed by atoms with Crippen LogP contribution in [0.3, 0.4) is 0 Å². The third-order valence-corrected chi connectivity index (χ3v) is 4.75. The molecule has 2 aliphatic rings. The Hall–Kier alpha value is -2.80. The van der Waals surface area contributed by atoms with Crippen molar-refractivity contribution in [3.63, 3.8) is 0 Å². The largest absolute Gasteiger partial charge is 0.454 e. The summed E-state index contributed by atoms with van der Waals surface area (Å²) in [5.74, 6) is 1.44. The minimum absolute atomic E-state index is 0.0184. The molecule has 7 nitrogen and oxygen atoms in total. The average molecular weight is 354 g/mol. The van der Waals surface area contributed by atoms with Gasteiger partial charge in [0.2, 0.25) is 6.79 Å². The van der Waals surface area contributed by atoms with Crippen LogP contribution in [0.4, 0.5) is 11.4 Å². The summed E-state index contributed by atoms with van der Waals surface area (Å²) in [5.41, 5.74) is 2.14. The van der Waals surface area contributed by atoms with E-state index < -0.39 is 0 Å². The number of nitrogens with zero attached hydrogens (tertiary/aromatic N) is 3. The maximum Gasteiger partial charge on any atom is 0.272 e. The summed E-state index contributed by atoms with van der Waals surface area (Å²) < 4.78 is 10.7. The van der Waals surface area contributed by atoms with Gasteiger partial charge in [-0.05, 0) is 30.8 Å². The van der Waals surface area contributed by atoms with Crippen molar-refractivity contribution in [3.8, 4) is 11.5 Å². The third kappa shape index (κ3) is 3.43. The molecule has 1 amide bonds. The number of pyridine rings is 1. The zero-order chi connectivity index (χ0) is 17.9. The summed E-state index contributed by atoms with van der Waals surface area (Å²) >= 11 is 0. The van der Waals surface area contributed by atoms with Crippen LogP contribution in [0.25, 0.3) is 0 Å². The molecule has 26 heavy (non-hydrogen) atoms. The lowest BCUT2D eigenvalue weighted by atomic mass is 10.2. The van der Waals surface area contributed by atoms with Gasteiger partial charge in [-0.3, -0.25) is 9.78 Å². The van der Waals surface area contributed by atoms with E-state index >= 15 is 0 Å². The molecule has 1 N–H and O–H groups in total. The number of aromatic nitrogens is 1. The molecule has 4 rings (SSSR count). The molecule has 1 saturated heterocycles. The average Bonchev–Trinajstić information content (AvgIpc) is 3.15. The van der Waals surface area contributed by atoms with Gasteiger partial charge in [-0.15, -0.1) is 0 Å². The standard InChI is InChI=1S/C19H22N4O3/c1-2-22-7-9-23(10-8-22)19(24)16-11-15(5-6-20-16)21-14-3-4-17-18(12-14)26-13-25-17/h3-6,11-12H,2,7-10,13H2,1H3,(H,20,21). The summed E-state index contributed by atoms with van der Waals surface area (Å²) in [7, 11) is 0. The molecule has 2 aliphatic heterocycles. The molecule has 1 fully saturated rings. The summed E-state index contributed by atoms with van der Waals surface area (Å²) in [6.45, 7) is 6.73. The van der Waals surface area contributed by atoms with Gasteiger partial charge < -0.3 is 24.6 Å². The van der Waals surface area contributed by atoms with Crippen molar-refractivity contribution in [2.75, 3.05) is 44.8 Å². The van der Waals surface area contributed by atoms with Crippen LogP contribution in [0.5, 0.6) is 11.5 Å². The summed E-state index contributed by atoms with van der Waals surface area (Å²) in [6, 6.07) is 9.30. The first kappa shape index (κ1) is 16.7. The zero-order valence-electron chi connectivity index (χ0n) is 14.8. The van der Waals surface area contributed by atoms with Gasteiger partial charge in [0.05, 0.1) is 0 Å². The number of anilines is 2. The normalized spacial score (nSPS) is 16.6. The fourth-order valence-electron chi connectivity index (χ4n) is 3.20. The first-order chi connectivity index (χ1) is 12.7. The van der Waals surface area contributed by atoms with Crippen molar-refractivity contribution in [2.24, 2.45) is 0 Å². The van der Waals surface area contributed by atoms with Crippen LogP contribution in [0.15, 0.2) is 36.5 Å². The maximum absolute atomic E-state index is 12.7. The molecule has 0 radical (unpaired) electrons. The number of nitrogens with one attached hydrogen (secondary N) is 1. The number of rotatable bonds is 4. The molecule has 1 aromatic carbocycles. The Bertz CT molecular complexity index is 803. The molecule has 0 spiro atoms. The van der Waals surface area contributed by atoms with Crippen molar-refractivity contribution in [3.05, 3.63) is 42.2 Å². The van der Waals surface area contributed by atoms with Crippen molar-refractivity contribution >= 4 is 17.3 Å². The molecule has 3 heterocycles. The molecule has 2 aromatic rings. The highest BCUT2D eigenvalue weighted by molar-refractivity contribution is 5.93. The van der Waals surface area contributed by atoms with Gasteiger partial charge >= 0.3 is 0 Å². The highest BCUT2D eigenvalue weighted by Gasteiger charge is 2.22. The summed E-state index contributed by atoms with van der Waals surface area (Å²) in [6.07, 6.45) is 1.66.